The van der Waals surface area contributed by atoms with E-state index in [1.54, 1.807) is 12.0 Å². The second kappa shape index (κ2) is 8.63. The smallest absolute Gasteiger partial charge is 0.252 e. The summed E-state index contributed by atoms with van der Waals surface area (Å²) in [5, 5.41) is 3.17. The number of aryl methyl sites for hydroxylation is 1. The van der Waals surface area contributed by atoms with Crippen LogP contribution in [-0.4, -0.2) is 29.5 Å². The number of benzene rings is 2. The van der Waals surface area contributed by atoms with Crippen molar-refractivity contribution in [3.63, 3.8) is 0 Å². The topological polar surface area (TPSA) is 87.3 Å². The fraction of sp³-hybridized carbons (Fsp3) is 0.292. The first kappa shape index (κ1) is 20.7. The van der Waals surface area contributed by atoms with E-state index in [1.807, 2.05) is 56.3 Å². The Morgan fingerprint density at radius 1 is 1.16 bits per heavy atom. The van der Waals surface area contributed by atoms with Crippen molar-refractivity contribution in [3.8, 4) is 5.75 Å². The van der Waals surface area contributed by atoms with Gasteiger partial charge in [-0.25, -0.2) is 4.98 Å². The lowest BCUT2D eigenvalue weighted by molar-refractivity contribution is -0.117. The van der Waals surface area contributed by atoms with E-state index in [2.05, 4.69) is 15.3 Å². The summed E-state index contributed by atoms with van der Waals surface area (Å²) in [7, 11) is 1.62. The monoisotopic (exact) mass is 418 g/mol. The van der Waals surface area contributed by atoms with Crippen LogP contribution >= 0.6 is 0 Å². The number of ether oxygens (including phenoxy) is 1. The number of carbonyl (C=O) groups excluding carboxylic acids is 1. The van der Waals surface area contributed by atoms with E-state index in [4.69, 9.17) is 4.74 Å². The Bertz CT molecular complexity index is 1170. The molecule has 160 valence electrons. The second-order valence-corrected chi connectivity index (χ2v) is 7.85. The number of aromatic amines is 1. The Labute approximate surface area is 181 Å². The molecule has 3 aromatic rings. The van der Waals surface area contributed by atoms with E-state index >= 15 is 0 Å². The van der Waals surface area contributed by atoms with E-state index in [1.165, 1.54) is 6.07 Å². The molecule has 1 saturated heterocycles. The number of amides is 1. The number of nitrogens with one attached hydrogen (secondary N) is 2. The van der Waals surface area contributed by atoms with Crippen molar-refractivity contribution in [1.82, 2.24) is 9.97 Å². The molecule has 4 rings (SSSR count). The highest BCUT2D eigenvalue weighted by Gasteiger charge is 2.33. The van der Waals surface area contributed by atoms with Gasteiger partial charge < -0.3 is 15.0 Å². The maximum atomic E-state index is 12.7. The van der Waals surface area contributed by atoms with Crippen LogP contribution in [0.3, 0.4) is 0 Å². The molecule has 1 atom stereocenters. The molecule has 31 heavy (non-hydrogen) atoms. The Hall–Kier alpha value is -3.61. The molecule has 1 aliphatic rings. The summed E-state index contributed by atoms with van der Waals surface area (Å²) in [4.78, 5) is 34.1. The van der Waals surface area contributed by atoms with Crippen molar-refractivity contribution in [2.45, 2.75) is 32.7 Å². The predicted octanol–water partition coefficient (Wildman–Crippen LogP) is 3.53. The lowest BCUT2D eigenvalue weighted by atomic mass is 10.0. The Kier molecular flexibility index (Phi) is 5.75. The molecular weight excluding hydrogens is 392 g/mol. The van der Waals surface area contributed by atoms with Crippen molar-refractivity contribution in [3.05, 3.63) is 81.3 Å². The number of aromatic nitrogens is 2. The molecule has 1 fully saturated rings. The highest BCUT2D eigenvalue weighted by atomic mass is 16.5. The van der Waals surface area contributed by atoms with Crippen LogP contribution in [0.1, 0.15) is 34.7 Å². The van der Waals surface area contributed by atoms with Gasteiger partial charge in [0.25, 0.3) is 5.56 Å². The van der Waals surface area contributed by atoms with E-state index in [-0.39, 0.29) is 17.4 Å². The molecule has 0 aliphatic carbocycles. The molecular formula is C24H26N4O3. The van der Waals surface area contributed by atoms with Gasteiger partial charge in [-0.1, -0.05) is 24.3 Å². The van der Waals surface area contributed by atoms with Gasteiger partial charge in [0.2, 0.25) is 11.9 Å². The molecule has 1 amide bonds. The van der Waals surface area contributed by atoms with Crippen molar-refractivity contribution < 1.29 is 9.53 Å². The van der Waals surface area contributed by atoms with Crippen molar-refractivity contribution in [1.29, 1.82) is 0 Å². The first-order valence-electron chi connectivity index (χ1n) is 10.3. The van der Waals surface area contributed by atoms with Crippen LogP contribution < -0.4 is 20.5 Å². The number of hydrogen-bond acceptors (Lipinski definition) is 5. The molecule has 7 nitrogen and oxygen atoms in total. The highest BCUT2D eigenvalue weighted by molar-refractivity contribution is 5.97. The summed E-state index contributed by atoms with van der Waals surface area (Å²) in [6.45, 7) is 5.06. The van der Waals surface area contributed by atoms with E-state index < -0.39 is 0 Å². The van der Waals surface area contributed by atoms with Gasteiger partial charge in [-0.2, -0.15) is 0 Å². The van der Waals surface area contributed by atoms with Gasteiger partial charge in [0.1, 0.15) is 5.75 Å². The number of H-pyrrole nitrogens is 1. The molecule has 2 heterocycles. The number of methoxy groups -OCH3 is 1. The average Bonchev–Trinajstić information content (AvgIpc) is 3.15. The van der Waals surface area contributed by atoms with Crippen LogP contribution in [0.25, 0.3) is 0 Å². The van der Waals surface area contributed by atoms with Crippen LogP contribution in [0.5, 0.6) is 5.75 Å². The molecule has 2 aromatic carbocycles. The second-order valence-electron chi connectivity index (χ2n) is 7.85. The van der Waals surface area contributed by atoms with Gasteiger partial charge in [-0.15, -0.1) is 0 Å². The summed E-state index contributed by atoms with van der Waals surface area (Å²) >= 11 is 0. The minimum absolute atomic E-state index is 0.0478. The quantitative estimate of drug-likeness (QED) is 0.640. The largest absolute Gasteiger partial charge is 0.497 e. The Morgan fingerprint density at radius 3 is 2.77 bits per heavy atom. The summed E-state index contributed by atoms with van der Waals surface area (Å²) in [6, 6.07) is 15.1. The van der Waals surface area contributed by atoms with Crippen molar-refractivity contribution >= 4 is 17.5 Å². The van der Waals surface area contributed by atoms with Gasteiger partial charge in [-0.05, 0) is 48.7 Å². The first-order chi connectivity index (χ1) is 14.9. The zero-order valence-electron chi connectivity index (χ0n) is 17.9. The fourth-order valence-corrected chi connectivity index (χ4v) is 3.90. The Balaban J connectivity index is 1.52. The third-order valence-corrected chi connectivity index (χ3v) is 5.77. The minimum atomic E-state index is -0.240. The van der Waals surface area contributed by atoms with E-state index in [0.717, 1.165) is 28.1 Å². The van der Waals surface area contributed by atoms with E-state index in [0.29, 0.717) is 31.2 Å². The molecule has 1 aliphatic heterocycles. The summed E-state index contributed by atoms with van der Waals surface area (Å²) in [5.41, 5.74) is 4.55. The van der Waals surface area contributed by atoms with Crippen LogP contribution in [0.15, 0.2) is 53.3 Å². The number of anilines is 2. The molecule has 0 bridgehead atoms. The molecule has 7 heteroatoms. The molecule has 0 radical (unpaired) electrons. The lowest BCUT2D eigenvalue weighted by Gasteiger charge is -2.20. The van der Waals surface area contributed by atoms with Gasteiger partial charge in [0, 0.05) is 37.2 Å². The molecule has 1 unspecified atom stereocenters. The maximum Gasteiger partial charge on any atom is 0.252 e. The predicted molar refractivity (Wildman–Crippen MR) is 121 cm³/mol. The lowest BCUT2D eigenvalue weighted by Crippen LogP contribution is -2.25. The maximum absolute atomic E-state index is 12.7. The van der Waals surface area contributed by atoms with Gasteiger partial charge in [0.05, 0.1) is 12.8 Å². The van der Waals surface area contributed by atoms with Gasteiger partial charge >= 0.3 is 0 Å². The van der Waals surface area contributed by atoms with Crippen LogP contribution in [0.2, 0.25) is 0 Å². The van der Waals surface area contributed by atoms with Crippen LogP contribution in [0, 0.1) is 13.8 Å². The van der Waals surface area contributed by atoms with Crippen molar-refractivity contribution in [2.24, 2.45) is 0 Å². The zero-order chi connectivity index (χ0) is 22.0. The molecule has 0 spiro atoms. The summed E-state index contributed by atoms with van der Waals surface area (Å²) < 4.78 is 5.25. The zero-order valence-corrected chi connectivity index (χ0v) is 17.9. The average molecular weight is 418 g/mol. The minimum Gasteiger partial charge on any atom is -0.497 e. The number of rotatable bonds is 6. The van der Waals surface area contributed by atoms with Crippen LogP contribution in [0.4, 0.5) is 11.6 Å². The summed E-state index contributed by atoms with van der Waals surface area (Å²) in [6.07, 6.45) is 0.332. The molecule has 2 N–H and O–H groups in total. The fourth-order valence-electron chi connectivity index (χ4n) is 3.90. The number of hydrogen-bond donors (Lipinski definition) is 2. The van der Waals surface area contributed by atoms with Gasteiger partial charge in [-0.3, -0.25) is 14.6 Å². The molecule has 1 aromatic heterocycles. The third-order valence-electron chi connectivity index (χ3n) is 5.77. The van der Waals surface area contributed by atoms with Crippen molar-refractivity contribution in [2.75, 3.05) is 23.9 Å². The summed E-state index contributed by atoms with van der Waals surface area (Å²) in [5.74, 6) is 1.08. The number of nitrogens with zero attached hydrogens (tertiary/aromatic N) is 2. The van der Waals surface area contributed by atoms with Crippen LogP contribution in [-0.2, 0) is 11.3 Å². The normalized spacial score (nSPS) is 15.9. The number of carbonyl (C=O) groups is 1. The highest BCUT2D eigenvalue weighted by Crippen LogP contribution is 2.33. The SMILES string of the molecule is COc1cccc(CNc2nc(C3CC(=O)N(c4cccc(C)c4C)C3)cc(=O)[nH]2)c1. The first-order valence-corrected chi connectivity index (χ1v) is 10.3. The Morgan fingerprint density at radius 2 is 1.97 bits per heavy atom. The van der Waals surface area contributed by atoms with Gasteiger partial charge in [0.15, 0.2) is 0 Å². The molecule has 0 saturated carbocycles. The standard InChI is InChI=1S/C24H26N4O3/c1-15-6-4-9-21(16(15)2)28-14-18(11-23(28)30)20-12-22(29)27-24(26-20)25-13-17-7-5-8-19(10-17)31-3/h4-10,12,18H,11,13-14H2,1-3H3,(H2,25,26,27,29). The van der Waals surface area contributed by atoms with E-state index in [9.17, 15) is 9.59 Å². The third kappa shape index (κ3) is 4.45.